The molecule has 5 nitrogen and oxygen atoms in total. The lowest BCUT2D eigenvalue weighted by atomic mass is 10.8. The van der Waals surface area contributed by atoms with Gasteiger partial charge in [0.25, 0.3) is 0 Å². The third-order valence-corrected chi connectivity index (χ3v) is 0.802. The molecule has 1 heterocycles. The molecule has 1 aromatic heterocycles. The maximum absolute atomic E-state index is 10.1. The van der Waals surface area contributed by atoms with Gasteiger partial charge in [0.05, 0.1) is 0 Å². The number of carboxylic acid groups (broad SMARTS) is 1. The van der Waals surface area contributed by atoms with E-state index in [2.05, 4.69) is 10.1 Å². The summed E-state index contributed by atoms with van der Waals surface area (Å²) in [5.41, 5.74) is 0. The molecule has 5 heteroatoms. The zero-order chi connectivity index (χ0) is 6.85. The van der Waals surface area contributed by atoms with Gasteiger partial charge >= 0.3 is 6.09 Å². The molecule has 0 aliphatic rings. The lowest BCUT2D eigenvalue weighted by Crippen LogP contribution is -2.07. The van der Waals surface area contributed by atoms with Crippen molar-refractivity contribution in [2.75, 3.05) is 0 Å². The van der Waals surface area contributed by atoms with E-state index in [1.54, 1.807) is 6.92 Å². The molecule has 0 radical (unpaired) electrons. The van der Waals surface area contributed by atoms with Crippen LogP contribution in [-0.2, 0) is 0 Å². The molecule has 1 rings (SSSR count). The van der Waals surface area contributed by atoms with Gasteiger partial charge in [0.2, 0.25) is 0 Å². The van der Waals surface area contributed by atoms with E-state index in [0.29, 0.717) is 5.82 Å². The normalized spacial score (nSPS) is 9.44. The van der Waals surface area contributed by atoms with Crippen molar-refractivity contribution in [3.63, 3.8) is 0 Å². The summed E-state index contributed by atoms with van der Waals surface area (Å²) in [5, 5.41) is 11.8. The predicted octanol–water partition coefficient (Wildman–Crippen LogP) is 0.113. The average molecular weight is 127 g/mol. The number of hydrogen-bond acceptors (Lipinski definition) is 3. The number of carbonyl (C=O) groups is 1. The number of rotatable bonds is 0. The fourth-order valence-electron chi connectivity index (χ4n) is 0.438. The van der Waals surface area contributed by atoms with Gasteiger partial charge in [0.1, 0.15) is 12.2 Å². The molecule has 0 saturated heterocycles. The first-order valence-electron chi connectivity index (χ1n) is 2.31. The smallest absolute Gasteiger partial charge is 0.433 e. The van der Waals surface area contributed by atoms with Crippen LogP contribution in [0.4, 0.5) is 4.79 Å². The second-order valence-electron chi connectivity index (χ2n) is 1.52. The van der Waals surface area contributed by atoms with Crippen LogP contribution >= 0.6 is 0 Å². The first-order chi connectivity index (χ1) is 4.20. The van der Waals surface area contributed by atoms with Crippen molar-refractivity contribution in [1.82, 2.24) is 14.8 Å². The second kappa shape index (κ2) is 1.85. The fraction of sp³-hybridized carbons (Fsp3) is 0.250. The van der Waals surface area contributed by atoms with Crippen LogP contribution in [0.15, 0.2) is 6.33 Å². The van der Waals surface area contributed by atoms with Gasteiger partial charge in [-0.1, -0.05) is 0 Å². The molecule has 0 unspecified atom stereocenters. The summed E-state index contributed by atoms with van der Waals surface area (Å²) in [6.07, 6.45) is 0.0353. The largest absolute Gasteiger partial charge is 0.463 e. The van der Waals surface area contributed by atoms with E-state index in [9.17, 15) is 4.79 Å². The van der Waals surface area contributed by atoms with Crippen molar-refractivity contribution in [3.8, 4) is 0 Å². The van der Waals surface area contributed by atoms with Crippen molar-refractivity contribution in [2.45, 2.75) is 6.92 Å². The molecular weight excluding hydrogens is 122 g/mol. The zero-order valence-electron chi connectivity index (χ0n) is 4.77. The number of aromatic nitrogens is 3. The van der Waals surface area contributed by atoms with Crippen LogP contribution in [0.25, 0.3) is 0 Å². The summed E-state index contributed by atoms with van der Waals surface area (Å²) in [5.74, 6) is 0.456. The van der Waals surface area contributed by atoms with Crippen LogP contribution in [-0.4, -0.2) is 26.0 Å². The molecule has 0 spiro atoms. The Labute approximate surface area is 50.9 Å². The van der Waals surface area contributed by atoms with Crippen LogP contribution in [0, 0.1) is 6.92 Å². The minimum atomic E-state index is -1.12. The zero-order valence-corrected chi connectivity index (χ0v) is 4.77. The van der Waals surface area contributed by atoms with Gasteiger partial charge in [-0.3, -0.25) is 0 Å². The van der Waals surface area contributed by atoms with Crippen molar-refractivity contribution in [1.29, 1.82) is 0 Å². The minimum absolute atomic E-state index is 0.456. The Morgan fingerprint density at radius 1 is 1.89 bits per heavy atom. The van der Waals surface area contributed by atoms with Crippen molar-refractivity contribution in [3.05, 3.63) is 12.2 Å². The van der Waals surface area contributed by atoms with Crippen LogP contribution in [0.5, 0.6) is 0 Å². The van der Waals surface area contributed by atoms with E-state index in [4.69, 9.17) is 5.11 Å². The molecule has 48 valence electrons. The van der Waals surface area contributed by atoms with Crippen molar-refractivity contribution in [2.24, 2.45) is 0 Å². The van der Waals surface area contributed by atoms with Gasteiger partial charge in [0, 0.05) is 0 Å². The molecule has 0 aliphatic carbocycles. The maximum atomic E-state index is 10.1. The van der Waals surface area contributed by atoms with Gasteiger partial charge in [-0.25, -0.2) is 9.78 Å². The Morgan fingerprint density at radius 3 is 2.78 bits per heavy atom. The van der Waals surface area contributed by atoms with Gasteiger partial charge in [0.15, 0.2) is 0 Å². The Balaban J connectivity index is 2.98. The molecule has 0 aliphatic heterocycles. The number of hydrogen-bond donors (Lipinski definition) is 1. The van der Waals surface area contributed by atoms with E-state index in [1.807, 2.05) is 0 Å². The number of aryl methyl sites for hydroxylation is 1. The summed E-state index contributed by atoms with van der Waals surface area (Å²) < 4.78 is 0.759. The quantitative estimate of drug-likeness (QED) is 0.537. The summed E-state index contributed by atoms with van der Waals surface area (Å²) >= 11 is 0. The average Bonchev–Trinajstić information content (AvgIpc) is 2.14. The van der Waals surface area contributed by atoms with E-state index in [1.165, 1.54) is 0 Å². The first kappa shape index (κ1) is 5.74. The summed E-state index contributed by atoms with van der Waals surface area (Å²) in [7, 11) is 0. The minimum Gasteiger partial charge on any atom is -0.463 e. The lowest BCUT2D eigenvalue weighted by Gasteiger charge is -1.84. The highest BCUT2D eigenvalue weighted by molar-refractivity contribution is 5.66. The topological polar surface area (TPSA) is 68.0 Å². The lowest BCUT2D eigenvalue weighted by molar-refractivity contribution is 0.192. The van der Waals surface area contributed by atoms with Gasteiger partial charge < -0.3 is 5.11 Å². The fourth-order valence-corrected chi connectivity index (χ4v) is 0.438. The highest BCUT2D eigenvalue weighted by Crippen LogP contribution is 1.84. The molecule has 0 amide bonds. The third-order valence-electron chi connectivity index (χ3n) is 0.802. The van der Waals surface area contributed by atoms with E-state index in [-0.39, 0.29) is 0 Å². The van der Waals surface area contributed by atoms with Crippen LogP contribution < -0.4 is 0 Å². The molecule has 0 fully saturated rings. The van der Waals surface area contributed by atoms with Crippen LogP contribution in [0.1, 0.15) is 5.82 Å². The molecular formula is C4H5N3O2. The summed E-state index contributed by atoms with van der Waals surface area (Å²) in [6.45, 7) is 1.62. The summed E-state index contributed by atoms with van der Waals surface area (Å²) in [4.78, 5) is 13.7. The Morgan fingerprint density at radius 2 is 2.56 bits per heavy atom. The highest BCUT2D eigenvalue weighted by atomic mass is 16.4. The molecule has 0 saturated carbocycles. The standard InChI is InChI=1S/C4H5N3O2/c1-3-5-2-7(6-3)4(8)9/h2H,1H3,(H,8,9). The molecule has 1 aromatic rings. The Bertz CT molecular complexity index is 229. The monoisotopic (exact) mass is 127 g/mol. The number of nitrogens with zero attached hydrogens (tertiary/aromatic N) is 3. The molecule has 0 atom stereocenters. The summed E-state index contributed by atoms with van der Waals surface area (Å²) in [6, 6.07) is 0. The Hall–Kier alpha value is -1.39. The highest BCUT2D eigenvalue weighted by Gasteiger charge is 2.00. The third kappa shape index (κ3) is 1.04. The maximum Gasteiger partial charge on any atom is 0.433 e. The SMILES string of the molecule is Cc1ncn(C(=O)O)n1. The van der Waals surface area contributed by atoms with Gasteiger partial charge in [-0.2, -0.15) is 4.68 Å². The van der Waals surface area contributed by atoms with E-state index < -0.39 is 6.09 Å². The predicted molar refractivity (Wildman–Crippen MR) is 28.2 cm³/mol. The van der Waals surface area contributed by atoms with Crippen LogP contribution in [0.2, 0.25) is 0 Å². The van der Waals surface area contributed by atoms with Crippen molar-refractivity contribution < 1.29 is 9.90 Å². The second-order valence-corrected chi connectivity index (χ2v) is 1.52. The van der Waals surface area contributed by atoms with Crippen molar-refractivity contribution >= 4 is 6.09 Å². The van der Waals surface area contributed by atoms with E-state index >= 15 is 0 Å². The first-order valence-corrected chi connectivity index (χ1v) is 2.31. The molecule has 9 heavy (non-hydrogen) atoms. The molecule has 0 bridgehead atoms. The van der Waals surface area contributed by atoms with E-state index in [0.717, 1.165) is 11.0 Å². The molecule has 1 N–H and O–H groups in total. The molecule has 0 aromatic carbocycles. The Kier molecular flexibility index (Phi) is 1.18. The van der Waals surface area contributed by atoms with Crippen LogP contribution in [0.3, 0.4) is 0 Å². The van der Waals surface area contributed by atoms with Gasteiger partial charge in [-0.05, 0) is 6.92 Å². The van der Waals surface area contributed by atoms with Gasteiger partial charge in [-0.15, -0.1) is 5.10 Å².